The van der Waals surface area contributed by atoms with Crippen LogP contribution in [0.15, 0.2) is 109 Å². The molecular weight excluding hydrogens is 424 g/mol. The van der Waals surface area contributed by atoms with Gasteiger partial charge in [-0.05, 0) is 36.4 Å². The van der Waals surface area contributed by atoms with E-state index in [2.05, 4.69) is 45.1 Å². The highest BCUT2D eigenvalue weighted by Gasteiger charge is 2.16. The maximum absolute atomic E-state index is 4.92. The van der Waals surface area contributed by atoms with E-state index < -0.39 is 0 Å². The van der Waals surface area contributed by atoms with Gasteiger partial charge in [0.05, 0.1) is 34.5 Å². The monoisotopic (exact) mass is 442 g/mol. The van der Waals surface area contributed by atoms with Crippen molar-refractivity contribution < 1.29 is 0 Å². The Balaban J connectivity index is 1.45. The van der Waals surface area contributed by atoms with E-state index in [4.69, 9.17) is 9.97 Å². The quantitative estimate of drug-likeness (QED) is 0.291. The van der Waals surface area contributed by atoms with Crippen molar-refractivity contribution in [2.24, 2.45) is 0 Å². The van der Waals surface area contributed by atoms with Gasteiger partial charge in [0.15, 0.2) is 0 Å². The standard InChI is InChI=1S/C28H18N4S/c1-3-9-19(10-4-1)23-13-7-15-25(29-23)21-17-18-22(28-27(21)31-33-32-28)26-16-8-14-24(30-26)20-11-5-2-6-12-20/h1-18H. The third-order valence-corrected chi connectivity index (χ3v) is 6.13. The van der Waals surface area contributed by atoms with Crippen LogP contribution in [0.5, 0.6) is 0 Å². The zero-order valence-corrected chi connectivity index (χ0v) is 18.4. The molecule has 6 rings (SSSR count). The molecule has 0 bridgehead atoms. The summed E-state index contributed by atoms with van der Waals surface area (Å²) < 4.78 is 9.25. The topological polar surface area (TPSA) is 51.6 Å². The fourth-order valence-corrected chi connectivity index (χ4v) is 4.56. The first kappa shape index (κ1) is 19.5. The number of rotatable bonds is 4. The third kappa shape index (κ3) is 3.69. The van der Waals surface area contributed by atoms with E-state index in [1.54, 1.807) is 0 Å². The molecule has 0 N–H and O–H groups in total. The highest BCUT2D eigenvalue weighted by molar-refractivity contribution is 7.00. The van der Waals surface area contributed by atoms with Crippen LogP contribution < -0.4 is 0 Å². The highest BCUT2D eigenvalue weighted by Crippen LogP contribution is 2.34. The van der Waals surface area contributed by atoms with Crippen LogP contribution in [0.1, 0.15) is 0 Å². The van der Waals surface area contributed by atoms with Gasteiger partial charge in [-0.25, -0.2) is 9.97 Å². The molecule has 0 saturated heterocycles. The smallest absolute Gasteiger partial charge is 0.114 e. The van der Waals surface area contributed by atoms with Crippen molar-refractivity contribution in [3.05, 3.63) is 109 Å². The fraction of sp³-hybridized carbons (Fsp3) is 0. The maximum Gasteiger partial charge on any atom is 0.114 e. The average molecular weight is 443 g/mol. The Labute approximate surface area is 195 Å². The molecule has 156 valence electrons. The largest absolute Gasteiger partial charge is 0.248 e. The van der Waals surface area contributed by atoms with Gasteiger partial charge in [-0.2, -0.15) is 8.75 Å². The number of pyridine rings is 2. The van der Waals surface area contributed by atoms with Crippen molar-refractivity contribution in [2.45, 2.75) is 0 Å². The van der Waals surface area contributed by atoms with Crippen LogP contribution in [0.25, 0.3) is 56.1 Å². The normalized spacial score (nSPS) is 11.0. The van der Waals surface area contributed by atoms with Gasteiger partial charge in [0.25, 0.3) is 0 Å². The summed E-state index contributed by atoms with van der Waals surface area (Å²) in [4.78, 5) is 9.84. The molecule has 0 unspecified atom stereocenters. The van der Waals surface area contributed by atoms with Crippen LogP contribution in [-0.2, 0) is 0 Å². The number of aromatic nitrogens is 4. The predicted octanol–water partition coefficient (Wildman–Crippen LogP) is 7.15. The second-order valence-corrected chi connectivity index (χ2v) is 8.20. The minimum Gasteiger partial charge on any atom is -0.248 e. The summed E-state index contributed by atoms with van der Waals surface area (Å²) >= 11 is 1.22. The number of benzene rings is 3. The Kier molecular flexibility index (Phi) is 4.94. The van der Waals surface area contributed by atoms with E-state index in [1.807, 2.05) is 72.8 Å². The zero-order valence-electron chi connectivity index (χ0n) is 17.6. The van der Waals surface area contributed by atoms with Gasteiger partial charge in [0.2, 0.25) is 0 Å². The van der Waals surface area contributed by atoms with Gasteiger partial charge >= 0.3 is 0 Å². The van der Waals surface area contributed by atoms with Crippen molar-refractivity contribution >= 4 is 22.8 Å². The second kappa shape index (κ2) is 8.37. The average Bonchev–Trinajstić information content (AvgIpc) is 3.39. The first-order valence-electron chi connectivity index (χ1n) is 10.7. The lowest BCUT2D eigenvalue weighted by atomic mass is 10.0. The van der Waals surface area contributed by atoms with E-state index in [-0.39, 0.29) is 0 Å². The van der Waals surface area contributed by atoms with Crippen LogP contribution >= 0.6 is 11.7 Å². The van der Waals surface area contributed by atoms with Gasteiger partial charge in [-0.3, -0.25) is 0 Å². The fourth-order valence-electron chi connectivity index (χ4n) is 3.99. The molecule has 0 radical (unpaired) electrons. The molecular formula is C28H18N4S. The van der Waals surface area contributed by atoms with E-state index in [0.717, 1.165) is 56.1 Å². The first-order valence-corrected chi connectivity index (χ1v) is 11.4. The number of nitrogens with zero attached hydrogens (tertiary/aromatic N) is 4. The minimum absolute atomic E-state index is 0.849. The molecule has 4 nitrogen and oxygen atoms in total. The van der Waals surface area contributed by atoms with E-state index >= 15 is 0 Å². The molecule has 6 aromatic rings. The van der Waals surface area contributed by atoms with Crippen molar-refractivity contribution in [2.75, 3.05) is 0 Å². The molecule has 3 heterocycles. The van der Waals surface area contributed by atoms with Crippen molar-refractivity contribution in [1.29, 1.82) is 0 Å². The molecule has 0 saturated carbocycles. The highest BCUT2D eigenvalue weighted by atomic mass is 32.1. The summed E-state index contributed by atoms with van der Waals surface area (Å²) in [7, 11) is 0. The Bertz CT molecular complexity index is 1440. The summed E-state index contributed by atoms with van der Waals surface area (Å²) in [6.45, 7) is 0. The SMILES string of the molecule is c1ccc(-c2cccc(-c3ccc(-c4cccc(-c5ccccc5)n4)c4nsnc34)n2)cc1. The molecule has 0 fully saturated rings. The van der Waals surface area contributed by atoms with Gasteiger partial charge in [-0.1, -0.05) is 72.8 Å². The Hall–Kier alpha value is -4.22. The Morgan fingerprint density at radius 2 is 0.818 bits per heavy atom. The summed E-state index contributed by atoms with van der Waals surface area (Å²) in [6.07, 6.45) is 0. The van der Waals surface area contributed by atoms with Crippen LogP contribution in [0.4, 0.5) is 0 Å². The molecule has 0 atom stereocenters. The summed E-state index contributed by atoms with van der Waals surface area (Å²) in [5.41, 5.74) is 9.45. The molecule has 3 aromatic heterocycles. The summed E-state index contributed by atoms with van der Waals surface area (Å²) in [5, 5.41) is 0. The Morgan fingerprint density at radius 1 is 0.394 bits per heavy atom. The van der Waals surface area contributed by atoms with E-state index in [0.29, 0.717) is 0 Å². The molecule has 0 amide bonds. The second-order valence-electron chi connectivity index (χ2n) is 7.67. The van der Waals surface area contributed by atoms with Gasteiger partial charge < -0.3 is 0 Å². The van der Waals surface area contributed by atoms with Gasteiger partial charge in [0.1, 0.15) is 11.0 Å². The maximum atomic E-state index is 4.92. The van der Waals surface area contributed by atoms with Crippen molar-refractivity contribution in [3.8, 4) is 45.0 Å². The molecule has 3 aromatic carbocycles. The molecule has 0 spiro atoms. The number of hydrogen-bond donors (Lipinski definition) is 0. The predicted molar refractivity (Wildman–Crippen MR) is 135 cm³/mol. The molecule has 5 heteroatoms. The number of fused-ring (bicyclic) bond motifs is 1. The lowest BCUT2D eigenvalue weighted by molar-refractivity contribution is 1.32. The van der Waals surface area contributed by atoms with Crippen molar-refractivity contribution in [1.82, 2.24) is 18.7 Å². The van der Waals surface area contributed by atoms with Gasteiger partial charge in [0, 0.05) is 22.3 Å². The molecule has 33 heavy (non-hydrogen) atoms. The van der Waals surface area contributed by atoms with Crippen LogP contribution in [-0.4, -0.2) is 18.7 Å². The first-order chi connectivity index (χ1) is 16.4. The van der Waals surface area contributed by atoms with Gasteiger partial charge in [-0.15, -0.1) is 0 Å². The molecule has 0 aliphatic carbocycles. The molecule has 0 aliphatic rings. The Morgan fingerprint density at radius 3 is 1.27 bits per heavy atom. The number of hydrogen-bond acceptors (Lipinski definition) is 5. The lowest BCUT2D eigenvalue weighted by Crippen LogP contribution is -1.92. The summed E-state index contributed by atoms with van der Waals surface area (Å²) in [6, 6.07) is 36.7. The molecule has 0 aliphatic heterocycles. The van der Waals surface area contributed by atoms with E-state index in [1.165, 1.54) is 11.7 Å². The van der Waals surface area contributed by atoms with Crippen LogP contribution in [0.3, 0.4) is 0 Å². The van der Waals surface area contributed by atoms with E-state index in [9.17, 15) is 0 Å². The van der Waals surface area contributed by atoms with Crippen LogP contribution in [0, 0.1) is 0 Å². The lowest BCUT2D eigenvalue weighted by Gasteiger charge is -2.09. The minimum atomic E-state index is 0.849. The van der Waals surface area contributed by atoms with Crippen molar-refractivity contribution in [3.63, 3.8) is 0 Å². The van der Waals surface area contributed by atoms with Crippen LogP contribution in [0.2, 0.25) is 0 Å². The zero-order chi connectivity index (χ0) is 22.0. The summed E-state index contributed by atoms with van der Waals surface area (Å²) in [5.74, 6) is 0. The third-order valence-electron chi connectivity index (χ3n) is 5.60.